The predicted octanol–water partition coefficient (Wildman–Crippen LogP) is 3.28. The summed E-state index contributed by atoms with van der Waals surface area (Å²) >= 11 is 0. The van der Waals surface area contributed by atoms with Crippen molar-refractivity contribution in [1.82, 2.24) is 20.2 Å². The zero-order valence-electron chi connectivity index (χ0n) is 16.4. The Hall–Kier alpha value is -2.66. The molecule has 0 bridgehead atoms. The molecule has 1 aliphatic rings. The molecule has 2 heterocycles. The van der Waals surface area contributed by atoms with E-state index in [1.54, 1.807) is 0 Å². The van der Waals surface area contributed by atoms with Crippen LogP contribution < -0.4 is 5.32 Å². The van der Waals surface area contributed by atoms with Gasteiger partial charge in [0, 0.05) is 13.0 Å². The molecule has 2 N–H and O–H groups in total. The molecule has 5 nitrogen and oxygen atoms in total. The summed E-state index contributed by atoms with van der Waals surface area (Å²) in [5, 5.41) is 3.21. The standard InChI is InChI=1S/C23H28N4O/c1-27-16-13-23(14-17-27,18-8-3-2-4-9-18)22(28)24-15-7-12-21-25-19-10-5-6-11-20(19)26-21/h2-6,8-11H,7,12-17H2,1H3,(H,24,28)(H,25,26). The maximum Gasteiger partial charge on any atom is 0.230 e. The van der Waals surface area contributed by atoms with Crippen LogP contribution in [0.4, 0.5) is 0 Å². The first-order valence-corrected chi connectivity index (χ1v) is 10.1. The Kier molecular flexibility index (Phi) is 5.44. The quantitative estimate of drug-likeness (QED) is 0.649. The van der Waals surface area contributed by atoms with Crippen LogP contribution in [0.3, 0.4) is 0 Å². The first-order chi connectivity index (χ1) is 13.7. The minimum Gasteiger partial charge on any atom is -0.355 e. The first-order valence-electron chi connectivity index (χ1n) is 10.1. The molecule has 5 heteroatoms. The van der Waals surface area contributed by atoms with Crippen LogP contribution in [0.5, 0.6) is 0 Å². The van der Waals surface area contributed by atoms with Crippen molar-refractivity contribution in [3.8, 4) is 0 Å². The van der Waals surface area contributed by atoms with E-state index in [0.717, 1.165) is 61.2 Å². The van der Waals surface area contributed by atoms with Crippen molar-refractivity contribution < 1.29 is 4.79 Å². The van der Waals surface area contributed by atoms with Crippen LogP contribution >= 0.6 is 0 Å². The van der Waals surface area contributed by atoms with Gasteiger partial charge < -0.3 is 15.2 Å². The molecule has 0 atom stereocenters. The number of imidazole rings is 1. The fourth-order valence-electron chi connectivity index (χ4n) is 4.16. The van der Waals surface area contributed by atoms with Gasteiger partial charge in [-0.05, 0) is 57.1 Å². The topological polar surface area (TPSA) is 61.0 Å². The predicted molar refractivity (Wildman–Crippen MR) is 112 cm³/mol. The molecule has 2 aromatic carbocycles. The Bertz CT molecular complexity index is 893. The number of carbonyl (C=O) groups excluding carboxylic acids is 1. The number of aryl methyl sites for hydroxylation is 1. The van der Waals surface area contributed by atoms with E-state index in [2.05, 4.69) is 39.4 Å². The van der Waals surface area contributed by atoms with E-state index < -0.39 is 5.41 Å². The molecular weight excluding hydrogens is 348 g/mol. The highest BCUT2D eigenvalue weighted by atomic mass is 16.2. The highest BCUT2D eigenvalue weighted by molar-refractivity contribution is 5.88. The summed E-state index contributed by atoms with van der Waals surface area (Å²) in [7, 11) is 2.13. The van der Waals surface area contributed by atoms with Gasteiger partial charge in [-0.15, -0.1) is 0 Å². The van der Waals surface area contributed by atoms with E-state index in [0.29, 0.717) is 6.54 Å². The number of hydrogen-bond donors (Lipinski definition) is 2. The summed E-state index contributed by atoms with van der Waals surface area (Å²) < 4.78 is 0. The van der Waals surface area contributed by atoms with E-state index in [1.165, 1.54) is 0 Å². The first kappa shape index (κ1) is 18.7. The number of H-pyrrole nitrogens is 1. The second-order valence-corrected chi connectivity index (χ2v) is 7.81. The summed E-state index contributed by atoms with van der Waals surface area (Å²) in [5.74, 6) is 1.14. The van der Waals surface area contributed by atoms with Crippen LogP contribution in [0.15, 0.2) is 54.6 Å². The second kappa shape index (κ2) is 8.15. The fourth-order valence-corrected chi connectivity index (χ4v) is 4.16. The number of nitrogens with one attached hydrogen (secondary N) is 2. The molecule has 0 radical (unpaired) electrons. The molecule has 0 unspecified atom stereocenters. The lowest BCUT2D eigenvalue weighted by atomic mass is 9.72. The van der Waals surface area contributed by atoms with Crippen LogP contribution in [0.2, 0.25) is 0 Å². The number of likely N-dealkylation sites (tertiary alicyclic amines) is 1. The van der Waals surface area contributed by atoms with Crippen molar-refractivity contribution in [2.45, 2.75) is 31.1 Å². The Morgan fingerprint density at radius 2 is 1.82 bits per heavy atom. The van der Waals surface area contributed by atoms with Gasteiger partial charge in [0.05, 0.1) is 16.4 Å². The van der Waals surface area contributed by atoms with Gasteiger partial charge in [0.1, 0.15) is 5.82 Å². The van der Waals surface area contributed by atoms with Gasteiger partial charge in [-0.1, -0.05) is 42.5 Å². The van der Waals surface area contributed by atoms with Gasteiger partial charge in [-0.2, -0.15) is 0 Å². The number of nitrogens with zero attached hydrogens (tertiary/aromatic N) is 2. The van der Waals surface area contributed by atoms with Crippen LogP contribution in [-0.4, -0.2) is 47.5 Å². The third-order valence-corrected chi connectivity index (χ3v) is 5.92. The maximum absolute atomic E-state index is 13.2. The van der Waals surface area contributed by atoms with Crippen molar-refractivity contribution in [3.63, 3.8) is 0 Å². The molecule has 28 heavy (non-hydrogen) atoms. The number of fused-ring (bicyclic) bond motifs is 1. The highest BCUT2D eigenvalue weighted by Crippen LogP contribution is 2.35. The van der Waals surface area contributed by atoms with E-state index in [9.17, 15) is 4.79 Å². The third kappa shape index (κ3) is 3.80. The summed E-state index contributed by atoms with van der Waals surface area (Å²) in [4.78, 5) is 23.5. The number of aromatic amines is 1. The molecule has 1 saturated heterocycles. The number of hydrogen-bond acceptors (Lipinski definition) is 3. The molecule has 1 aromatic heterocycles. The molecule has 3 aromatic rings. The largest absolute Gasteiger partial charge is 0.355 e. The number of para-hydroxylation sites is 2. The van der Waals surface area contributed by atoms with Crippen LogP contribution in [-0.2, 0) is 16.6 Å². The summed E-state index contributed by atoms with van der Waals surface area (Å²) in [6, 6.07) is 18.3. The van der Waals surface area contributed by atoms with Gasteiger partial charge in [0.15, 0.2) is 0 Å². The monoisotopic (exact) mass is 376 g/mol. The van der Waals surface area contributed by atoms with Crippen molar-refractivity contribution in [2.24, 2.45) is 0 Å². The van der Waals surface area contributed by atoms with Gasteiger partial charge in [-0.3, -0.25) is 4.79 Å². The number of rotatable bonds is 6. The van der Waals surface area contributed by atoms with Gasteiger partial charge in [-0.25, -0.2) is 4.98 Å². The lowest BCUT2D eigenvalue weighted by molar-refractivity contribution is -0.128. The average Bonchev–Trinajstić information content (AvgIpc) is 3.15. The second-order valence-electron chi connectivity index (χ2n) is 7.81. The number of carbonyl (C=O) groups is 1. The average molecular weight is 377 g/mol. The molecule has 4 rings (SSSR count). The lowest BCUT2D eigenvalue weighted by Gasteiger charge is -2.39. The number of amides is 1. The third-order valence-electron chi connectivity index (χ3n) is 5.92. The summed E-state index contributed by atoms with van der Waals surface area (Å²) in [5.41, 5.74) is 2.79. The van der Waals surface area contributed by atoms with E-state index >= 15 is 0 Å². The number of aromatic nitrogens is 2. The minimum absolute atomic E-state index is 0.163. The van der Waals surface area contributed by atoms with E-state index in [4.69, 9.17) is 0 Å². The Balaban J connectivity index is 1.38. The van der Waals surface area contributed by atoms with Crippen LogP contribution in [0, 0.1) is 0 Å². The molecular formula is C23H28N4O. The van der Waals surface area contributed by atoms with Crippen molar-refractivity contribution >= 4 is 16.9 Å². The molecule has 1 aliphatic heterocycles. The minimum atomic E-state index is -0.410. The van der Waals surface area contributed by atoms with Crippen molar-refractivity contribution in [3.05, 3.63) is 66.0 Å². The van der Waals surface area contributed by atoms with E-state index in [1.807, 2.05) is 42.5 Å². The number of piperidine rings is 1. The lowest BCUT2D eigenvalue weighted by Crippen LogP contribution is -2.51. The Morgan fingerprint density at radius 1 is 1.11 bits per heavy atom. The highest BCUT2D eigenvalue weighted by Gasteiger charge is 2.41. The molecule has 1 fully saturated rings. The van der Waals surface area contributed by atoms with E-state index in [-0.39, 0.29) is 5.91 Å². The molecule has 0 aliphatic carbocycles. The maximum atomic E-state index is 13.2. The molecule has 0 saturated carbocycles. The Labute approximate surface area is 166 Å². The molecule has 0 spiro atoms. The zero-order valence-corrected chi connectivity index (χ0v) is 16.4. The molecule has 1 amide bonds. The smallest absolute Gasteiger partial charge is 0.230 e. The Morgan fingerprint density at radius 3 is 2.57 bits per heavy atom. The van der Waals surface area contributed by atoms with Gasteiger partial charge in [0.2, 0.25) is 5.91 Å². The zero-order chi connectivity index (χ0) is 19.4. The normalized spacial score (nSPS) is 16.9. The summed E-state index contributed by atoms with van der Waals surface area (Å²) in [6.45, 7) is 2.56. The van der Waals surface area contributed by atoms with Gasteiger partial charge in [0.25, 0.3) is 0 Å². The SMILES string of the molecule is CN1CCC(C(=O)NCCCc2nc3ccccc3[nH]2)(c2ccccc2)CC1. The van der Waals surface area contributed by atoms with Crippen molar-refractivity contribution in [1.29, 1.82) is 0 Å². The van der Waals surface area contributed by atoms with Gasteiger partial charge >= 0.3 is 0 Å². The van der Waals surface area contributed by atoms with Crippen LogP contribution in [0.1, 0.15) is 30.7 Å². The summed E-state index contributed by atoms with van der Waals surface area (Å²) in [6.07, 6.45) is 3.43. The fraction of sp³-hybridized carbons (Fsp3) is 0.391. The molecule has 146 valence electrons. The van der Waals surface area contributed by atoms with Crippen molar-refractivity contribution in [2.75, 3.05) is 26.7 Å². The number of benzene rings is 2. The van der Waals surface area contributed by atoms with Crippen LogP contribution in [0.25, 0.3) is 11.0 Å².